The van der Waals surface area contributed by atoms with Crippen LogP contribution in [0.25, 0.3) is 22.3 Å². The van der Waals surface area contributed by atoms with Gasteiger partial charge in [0.25, 0.3) is 0 Å². The Morgan fingerprint density at radius 1 is 1.23 bits per heavy atom. The summed E-state index contributed by atoms with van der Waals surface area (Å²) in [6.07, 6.45) is 4.50. The second-order valence-corrected chi connectivity index (χ2v) is 10.3. The minimum Gasteiger partial charge on any atom is -0.379 e. The zero-order valence-corrected chi connectivity index (χ0v) is 19.8. The minimum atomic E-state index is -3.49. The van der Waals surface area contributed by atoms with Crippen LogP contribution in [0, 0.1) is 11.3 Å². The molecule has 11 heteroatoms. The number of hydrogen-bond acceptors (Lipinski definition) is 7. The van der Waals surface area contributed by atoms with Gasteiger partial charge >= 0.3 is 0 Å². The highest BCUT2D eigenvalue weighted by Gasteiger charge is 2.20. The molecule has 0 saturated heterocycles. The lowest BCUT2D eigenvalue weighted by molar-refractivity contribution is -0.115. The standard InChI is InChI=1S/C24H21N7O3S/c1-31(35(2,33)34)24-16(4-3-7-26-24)12-27-22-17(11-25)13-28-23-18(22)10-20(30-23)14-5-6-15-9-21(32)29-19(15)8-14/h3-8,10,13H,9,12H2,1-2H3,(H,29,32)(H2,27,28,30). The molecule has 10 nitrogen and oxygen atoms in total. The van der Waals surface area contributed by atoms with Crippen molar-refractivity contribution in [3.05, 3.63) is 65.5 Å². The summed E-state index contributed by atoms with van der Waals surface area (Å²) in [6.45, 7) is 0.238. The Bertz CT molecular complexity index is 1640. The quantitative estimate of drug-likeness (QED) is 0.379. The number of aromatic nitrogens is 3. The van der Waals surface area contributed by atoms with E-state index in [1.54, 1.807) is 12.1 Å². The maximum absolute atomic E-state index is 12.0. The monoisotopic (exact) mass is 487 g/mol. The van der Waals surface area contributed by atoms with Crippen LogP contribution in [0.5, 0.6) is 0 Å². The molecule has 1 aromatic carbocycles. The van der Waals surface area contributed by atoms with Gasteiger partial charge in [0, 0.05) is 53.9 Å². The highest BCUT2D eigenvalue weighted by molar-refractivity contribution is 7.92. The molecule has 1 amide bonds. The number of carbonyl (C=O) groups is 1. The molecule has 0 saturated carbocycles. The molecule has 5 rings (SSSR count). The second kappa shape index (κ2) is 8.41. The predicted octanol–water partition coefficient (Wildman–Crippen LogP) is 3.00. The third kappa shape index (κ3) is 4.15. The molecule has 0 radical (unpaired) electrons. The summed E-state index contributed by atoms with van der Waals surface area (Å²) in [5, 5.41) is 16.6. The second-order valence-electron chi connectivity index (χ2n) is 8.27. The van der Waals surface area contributed by atoms with Crippen molar-refractivity contribution in [3.63, 3.8) is 0 Å². The van der Waals surface area contributed by atoms with Gasteiger partial charge in [0.05, 0.1) is 23.9 Å². The van der Waals surface area contributed by atoms with E-state index in [0.29, 0.717) is 40.1 Å². The van der Waals surface area contributed by atoms with Gasteiger partial charge in [-0.2, -0.15) is 5.26 Å². The molecule has 1 aliphatic rings. The summed E-state index contributed by atoms with van der Waals surface area (Å²) < 4.78 is 25.2. The minimum absolute atomic E-state index is 0.0306. The molecule has 0 bridgehead atoms. The van der Waals surface area contributed by atoms with Crippen LogP contribution < -0.4 is 14.9 Å². The van der Waals surface area contributed by atoms with Crippen LogP contribution >= 0.6 is 0 Å². The molecule has 0 aliphatic carbocycles. The van der Waals surface area contributed by atoms with Crippen molar-refractivity contribution in [1.82, 2.24) is 15.0 Å². The number of sulfonamides is 1. The number of H-pyrrole nitrogens is 1. The van der Waals surface area contributed by atoms with E-state index in [2.05, 4.69) is 31.7 Å². The number of hydrogen-bond donors (Lipinski definition) is 3. The summed E-state index contributed by atoms with van der Waals surface area (Å²) in [5.41, 5.74) is 5.57. The van der Waals surface area contributed by atoms with E-state index in [1.165, 1.54) is 19.4 Å². The summed E-state index contributed by atoms with van der Waals surface area (Å²) in [4.78, 5) is 23.6. The van der Waals surface area contributed by atoms with Crippen molar-refractivity contribution in [2.45, 2.75) is 13.0 Å². The van der Waals surface area contributed by atoms with Crippen LogP contribution in [0.2, 0.25) is 0 Å². The van der Waals surface area contributed by atoms with Gasteiger partial charge in [-0.3, -0.25) is 9.10 Å². The Balaban J connectivity index is 1.51. The van der Waals surface area contributed by atoms with Gasteiger partial charge in [-0.15, -0.1) is 0 Å². The number of aromatic amines is 1. The van der Waals surface area contributed by atoms with Crippen molar-refractivity contribution < 1.29 is 13.2 Å². The number of benzene rings is 1. The fourth-order valence-electron chi connectivity index (χ4n) is 4.08. The predicted molar refractivity (Wildman–Crippen MR) is 133 cm³/mol. The van der Waals surface area contributed by atoms with Crippen molar-refractivity contribution >= 4 is 44.2 Å². The average molecular weight is 488 g/mol. The van der Waals surface area contributed by atoms with Crippen LogP contribution in [-0.2, 0) is 27.8 Å². The summed E-state index contributed by atoms with van der Waals surface area (Å²) in [6, 6.07) is 13.3. The third-order valence-corrected chi connectivity index (χ3v) is 7.11. The number of carbonyl (C=O) groups excluding carboxylic acids is 1. The fourth-order valence-corrected chi connectivity index (χ4v) is 4.56. The normalized spacial score (nSPS) is 12.8. The van der Waals surface area contributed by atoms with E-state index in [9.17, 15) is 18.5 Å². The first-order valence-electron chi connectivity index (χ1n) is 10.7. The lowest BCUT2D eigenvalue weighted by Gasteiger charge is -2.19. The zero-order chi connectivity index (χ0) is 24.7. The molecule has 35 heavy (non-hydrogen) atoms. The van der Waals surface area contributed by atoms with E-state index in [1.807, 2.05) is 24.3 Å². The van der Waals surface area contributed by atoms with Gasteiger partial charge in [0.2, 0.25) is 15.9 Å². The Kier molecular flexibility index (Phi) is 5.37. The van der Waals surface area contributed by atoms with Crippen LogP contribution in [0.15, 0.2) is 48.8 Å². The highest BCUT2D eigenvalue weighted by Crippen LogP contribution is 2.34. The van der Waals surface area contributed by atoms with Crippen molar-refractivity contribution in [1.29, 1.82) is 5.26 Å². The summed E-state index contributed by atoms with van der Waals surface area (Å²) in [7, 11) is -2.05. The Labute approximate surface area is 201 Å². The number of anilines is 3. The lowest BCUT2D eigenvalue weighted by Crippen LogP contribution is -2.27. The first-order valence-corrected chi connectivity index (χ1v) is 12.6. The fraction of sp³-hybridized carbons (Fsp3) is 0.167. The number of amides is 1. The topological polar surface area (TPSA) is 144 Å². The SMILES string of the molecule is CN(c1ncccc1CNc1c(C#N)cnc2[nH]c(-c3ccc4c(c3)NC(=O)C4)cc12)S(C)(=O)=O. The van der Waals surface area contributed by atoms with Crippen molar-refractivity contribution in [3.8, 4) is 17.3 Å². The molecule has 3 N–H and O–H groups in total. The number of nitrogens with one attached hydrogen (secondary N) is 3. The van der Waals surface area contributed by atoms with E-state index < -0.39 is 10.0 Å². The first kappa shape index (κ1) is 22.4. The molecular formula is C24H21N7O3S. The molecular weight excluding hydrogens is 466 g/mol. The first-order chi connectivity index (χ1) is 16.7. The number of pyridine rings is 2. The van der Waals surface area contributed by atoms with Gasteiger partial charge < -0.3 is 15.6 Å². The van der Waals surface area contributed by atoms with Gasteiger partial charge in [0.1, 0.15) is 17.5 Å². The van der Waals surface area contributed by atoms with Gasteiger partial charge in [0.15, 0.2) is 0 Å². The van der Waals surface area contributed by atoms with Crippen LogP contribution in [0.4, 0.5) is 17.2 Å². The Hall–Kier alpha value is -4.43. The maximum atomic E-state index is 12.0. The van der Waals surface area contributed by atoms with E-state index in [-0.39, 0.29) is 12.5 Å². The molecule has 0 atom stereocenters. The average Bonchev–Trinajstić information content (AvgIpc) is 3.43. The van der Waals surface area contributed by atoms with Crippen LogP contribution in [0.1, 0.15) is 16.7 Å². The molecule has 4 aromatic rings. The molecule has 3 aromatic heterocycles. The number of nitriles is 1. The Morgan fingerprint density at radius 3 is 2.83 bits per heavy atom. The van der Waals surface area contributed by atoms with Crippen molar-refractivity contribution in [2.24, 2.45) is 0 Å². The molecule has 1 aliphatic heterocycles. The Morgan fingerprint density at radius 2 is 2.06 bits per heavy atom. The zero-order valence-electron chi connectivity index (χ0n) is 19.0. The molecule has 0 unspecified atom stereocenters. The van der Waals surface area contributed by atoms with E-state index in [0.717, 1.165) is 33.1 Å². The highest BCUT2D eigenvalue weighted by atomic mass is 32.2. The van der Waals surface area contributed by atoms with Gasteiger partial charge in [-0.25, -0.2) is 18.4 Å². The van der Waals surface area contributed by atoms with E-state index in [4.69, 9.17) is 0 Å². The molecule has 0 fully saturated rings. The molecule has 4 heterocycles. The molecule has 176 valence electrons. The molecule has 0 spiro atoms. The summed E-state index contributed by atoms with van der Waals surface area (Å²) >= 11 is 0. The number of rotatable bonds is 6. The smallest absolute Gasteiger partial charge is 0.233 e. The van der Waals surface area contributed by atoms with Gasteiger partial charge in [-0.05, 0) is 23.8 Å². The van der Waals surface area contributed by atoms with Crippen molar-refractivity contribution in [2.75, 3.05) is 28.2 Å². The van der Waals surface area contributed by atoms with Gasteiger partial charge in [-0.1, -0.05) is 18.2 Å². The lowest BCUT2D eigenvalue weighted by atomic mass is 10.1. The maximum Gasteiger partial charge on any atom is 0.233 e. The largest absolute Gasteiger partial charge is 0.379 e. The van der Waals surface area contributed by atoms with E-state index >= 15 is 0 Å². The number of nitrogens with zero attached hydrogens (tertiary/aromatic N) is 4. The van der Waals surface area contributed by atoms with Crippen LogP contribution in [-0.4, -0.2) is 42.6 Å². The number of fused-ring (bicyclic) bond motifs is 2. The third-order valence-electron chi connectivity index (χ3n) is 5.94. The summed E-state index contributed by atoms with van der Waals surface area (Å²) in [5.74, 6) is 0.276. The van der Waals surface area contributed by atoms with Crippen LogP contribution in [0.3, 0.4) is 0 Å².